The van der Waals surface area contributed by atoms with E-state index in [1.807, 2.05) is 0 Å². The molecule has 5 nitrogen and oxygen atoms in total. The van der Waals surface area contributed by atoms with Crippen molar-refractivity contribution < 1.29 is 32.2 Å². The first-order chi connectivity index (χ1) is 11.8. The van der Waals surface area contributed by atoms with E-state index in [2.05, 4.69) is 4.74 Å². The molecule has 8 heteroatoms. The number of amides is 1. The summed E-state index contributed by atoms with van der Waals surface area (Å²) in [5.74, 6) is -0.648. The van der Waals surface area contributed by atoms with Crippen LogP contribution in [0.25, 0.3) is 0 Å². The van der Waals surface area contributed by atoms with Crippen LogP contribution in [0.5, 0.6) is 0 Å². The molecule has 0 unspecified atom stereocenters. The molecule has 1 aromatic rings. The highest BCUT2D eigenvalue weighted by Crippen LogP contribution is 2.30. The van der Waals surface area contributed by atoms with Gasteiger partial charge in [-0.3, -0.25) is 9.59 Å². The van der Waals surface area contributed by atoms with Crippen LogP contribution >= 0.6 is 0 Å². The van der Waals surface area contributed by atoms with Crippen LogP contribution in [0.1, 0.15) is 24.0 Å². The maximum absolute atomic E-state index is 12.8. The molecule has 25 heavy (non-hydrogen) atoms. The van der Waals surface area contributed by atoms with Crippen LogP contribution < -0.4 is 0 Å². The van der Waals surface area contributed by atoms with E-state index in [4.69, 9.17) is 4.74 Å². The molecule has 0 N–H and O–H groups in total. The average molecular weight is 359 g/mol. The number of esters is 1. The summed E-state index contributed by atoms with van der Waals surface area (Å²) in [5, 5.41) is 0. The molecule has 0 aliphatic carbocycles. The van der Waals surface area contributed by atoms with Crippen molar-refractivity contribution in [2.75, 3.05) is 26.8 Å². The lowest BCUT2D eigenvalue weighted by Crippen LogP contribution is -2.46. The van der Waals surface area contributed by atoms with Gasteiger partial charge in [0.1, 0.15) is 0 Å². The molecule has 1 saturated heterocycles. The molecule has 1 aromatic carbocycles. The first-order valence-electron chi connectivity index (χ1n) is 7.92. The second-order valence-electron chi connectivity index (χ2n) is 5.81. The Hall–Kier alpha value is -2.09. The Bertz CT molecular complexity index is 618. The summed E-state index contributed by atoms with van der Waals surface area (Å²) < 4.78 is 48.4. The number of halogens is 3. The van der Waals surface area contributed by atoms with Gasteiger partial charge in [0.15, 0.2) is 0 Å². The quantitative estimate of drug-likeness (QED) is 0.758. The molecular weight excluding hydrogens is 339 g/mol. The highest BCUT2D eigenvalue weighted by atomic mass is 19.4. The highest BCUT2D eigenvalue weighted by Gasteiger charge is 2.31. The van der Waals surface area contributed by atoms with E-state index in [9.17, 15) is 22.8 Å². The number of morpholine rings is 1. The third-order valence-electron chi connectivity index (χ3n) is 3.98. The van der Waals surface area contributed by atoms with Gasteiger partial charge in [-0.2, -0.15) is 13.2 Å². The number of benzene rings is 1. The molecule has 1 amide bonds. The summed E-state index contributed by atoms with van der Waals surface area (Å²) in [4.78, 5) is 24.8. The van der Waals surface area contributed by atoms with Gasteiger partial charge < -0.3 is 14.4 Å². The van der Waals surface area contributed by atoms with Crippen LogP contribution in [0.3, 0.4) is 0 Å². The molecule has 0 aromatic heterocycles. The molecule has 0 spiro atoms. The smallest absolute Gasteiger partial charge is 0.416 e. The van der Waals surface area contributed by atoms with Gasteiger partial charge in [-0.15, -0.1) is 0 Å². The Kier molecular flexibility index (Phi) is 6.41. The molecule has 1 aliphatic rings. The summed E-state index contributed by atoms with van der Waals surface area (Å²) in [6.07, 6.45) is -4.43. The van der Waals surface area contributed by atoms with Gasteiger partial charge >= 0.3 is 12.1 Å². The monoisotopic (exact) mass is 359 g/mol. The van der Waals surface area contributed by atoms with Crippen molar-refractivity contribution in [1.29, 1.82) is 0 Å². The number of alkyl halides is 3. The molecule has 1 fully saturated rings. The number of rotatable bonds is 5. The highest BCUT2D eigenvalue weighted by molar-refractivity contribution is 5.81. The van der Waals surface area contributed by atoms with E-state index >= 15 is 0 Å². The maximum Gasteiger partial charge on any atom is 0.416 e. The average Bonchev–Trinajstić information content (AvgIpc) is 2.59. The van der Waals surface area contributed by atoms with Crippen molar-refractivity contribution in [1.82, 2.24) is 4.90 Å². The first kappa shape index (κ1) is 19.2. The minimum atomic E-state index is -4.39. The number of hydrogen-bond acceptors (Lipinski definition) is 4. The van der Waals surface area contributed by atoms with Crippen molar-refractivity contribution in [2.24, 2.45) is 0 Å². The van der Waals surface area contributed by atoms with Crippen LogP contribution in [0.15, 0.2) is 24.3 Å². The van der Waals surface area contributed by atoms with Gasteiger partial charge in [-0.25, -0.2) is 0 Å². The molecule has 138 valence electrons. The van der Waals surface area contributed by atoms with Crippen LogP contribution in [-0.2, 0) is 31.7 Å². The van der Waals surface area contributed by atoms with Crippen molar-refractivity contribution in [3.63, 3.8) is 0 Å². The third kappa shape index (κ3) is 5.74. The summed E-state index contributed by atoms with van der Waals surface area (Å²) in [6, 6.07) is 5.09. The maximum atomic E-state index is 12.8. The van der Waals surface area contributed by atoms with Crippen molar-refractivity contribution in [3.05, 3.63) is 35.4 Å². The second kappa shape index (κ2) is 8.33. The van der Waals surface area contributed by atoms with E-state index < -0.39 is 17.7 Å². The first-order valence-corrected chi connectivity index (χ1v) is 7.92. The number of hydrogen-bond donors (Lipinski definition) is 0. The molecule has 2 rings (SSSR count). The third-order valence-corrected chi connectivity index (χ3v) is 3.98. The molecule has 1 heterocycles. The number of carbonyl (C=O) groups excluding carboxylic acids is 2. The van der Waals surface area contributed by atoms with Gasteiger partial charge in [0.05, 0.1) is 31.8 Å². The van der Waals surface area contributed by atoms with Crippen LogP contribution in [-0.4, -0.2) is 49.7 Å². The van der Waals surface area contributed by atoms with Gasteiger partial charge in [-0.1, -0.05) is 18.2 Å². The van der Waals surface area contributed by atoms with Crippen molar-refractivity contribution >= 4 is 11.9 Å². The molecule has 1 aliphatic heterocycles. The van der Waals surface area contributed by atoms with Gasteiger partial charge in [0.25, 0.3) is 0 Å². The Labute approximate surface area is 143 Å². The lowest BCUT2D eigenvalue weighted by atomic mass is 10.0. The SMILES string of the molecule is COC(=O)CCC(=O)N1CCO[C@@H](Cc2cccc(C(F)(F)F)c2)C1. The number of methoxy groups -OCH3 is 1. The van der Waals surface area contributed by atoms with Crippen molar-refractivity contribution in [3.8, 4) is 0 Å². The summed E-state index contributed by atoms with van der Waals surface area (Å²) in [5.41, 5.74) is -0.199. The fraction of sp³-hybridized carbons (Fsp3) is 0.529. The minimum Gasteiger partial charge on any atom is -0.469 e. The summed E-state index contributed by atoms with van der Waals surface area (Å²) >= 11 is 0. The second-order valence-corrected chi connectivity index (χ2v) is 5.81. The van der Waals surface area contributed by atoms with Gasteiger partial charge in [-0.05, 0) is 11.6 Å². The van der Waals surface area contributed by atoms with Crippen LogP contribution in [0.4, 0.5) is 13.2 Å². The number of carbonyl (C=O) groups is 2. The predicted octanol–water partition coefficient (Wildman–Crippen LogP) is 2.43. The molecule has 1 atom stereocenters. The molecule has 0 saturated carbocycles. The van der Waals surface area contributed by atoms with Gasteiger partial charge in [0.2, 0.25) is 5.91 Å². The Morgan fingerprint density at radius 1 is 1.32 bits per heavy atom. The molecule has 0 radical (unpaired) electrons. The number of ether oxygens (including phenoxy) is 2. The largest absolute Gasteiger partial charge is 0.469 e. The fourth-order valence-electron chi connectivity index (χ4n) is 2.68. The molecular formula is C17H20F3NO4. The van der Waals surface area contributed by atoms with E-state index in [-0.39, 0.29) is 37.8 Å². The topological polar surface area (TPSA) is 55.8 Å². The van der Waals surface area contributed by atoms with Gasteiger partial charge in [0, 0.05) is 25.9 Å². The van der Waals surface area contributed by atoms with Crippen LogP contribution in [0.2, 0.25) is 0 Å². The lowest BCUT2D eigenvalue weighted by Gasteiger charge is -2.33. The van der Waals surface area contributed by atoms with E-state index in [1.54, 1.807) is 11.0 Å². The number of nitrogens with zero attached hydrogens (tertiary/aromatic N) is 1. The lowest BCUT2D eigenvalue weighted by molar-refractivity contribution is -0.145. The Morgan fingerprint density at radius 2 is 2.08 bits per heavy atom. The zero-order valence-electron chi connectivity index (χ0n) is 13.8. The predicted molar refractivity (Wildman–Crippen MR) is 82.7 cm³/mol. The Balaban J connectivity index is 1.93. The van der Waals surface area contributed by atoms with E-state index in [1.165, 1.54) is 13.2 Å². The Morgan fingerprint density at radius 3 is 2.76 bits per heavy atom. The zero-order chi connectivity index (χ0) is 18.4. The normalized spacial score (nSPS) is 18.1. The summed E-state index contributed by atoms with van der Waals surface area (Å²) in [6.45, 7) is 1.00. The fourth-order valence-corrected chi connectivity index (χ4v) is 2.68. The minimum absolute atomic E-state index is 0.00495. The van der Waals surface area contributed by atoms with Crippen molar-refractivity contribution in [2.45, 2.75) is 31.5 Å². The van der Waals surface area contributed by atoms with E-state index in [0.717, 1.165) is 12.1 Å². The summed E-state index contributed by atoms with van der Waals surface area (Å²) in [7, 11) is 1.26. The standard InChI is InChI=1S/C17H20F3NO4/c1-24-16(23)6-5-15(22)21-7-8-25-14(11-21)10-12-3-2-4-13(9-12)17(18,19)20/h2-4,9,14H,5-8,10-11H2,1H3/t14-/m0/s1. The zero-order valence-corrected chi connectivity index (χ0v) is 13.8. The van der Waals surface area contributed by atoms with Crippen LogP contribution in [0, 0.1) is 0 Å². The molecule has 0 bridgehead atoms. The van der Waals surface area contributed by atoms with E-state index in [0.29, 0.717) is 18.7 Å².